The SMILES string of the molecule is CCOC(=O)CNC(C)C(=O)N1CCCC1C(=O)O. The van der Waals surface area contributed by atoms with Crippen molar-refractivity contribution in [1.82, 2.24) is 10.2 Å². The Morgan fingerprint density at radius 2 is 2.16 bits per heavy atom. The van der Waals surface area contributed by atoms with Crippen LogP contribution in [0.2, 0.25) is 0 Å². The van der Waals surface area contributed by atoms with Crippen molar-refractivity contribution < 1.29 is 24.2 Å². The Balaban J connectivity index is 2.47. The largest absolute Gasteiger partial charge is 0.480 e. The molecule has 0 bridgehead atoms. The highest BCUT2D eigenvalue weighted by molar-refractivity contribution is 5.87. The molecular weight excluding hydrogens is 252 g/mol. The molecule has 1 amide bonds. The van der Waals surface area contributed by atoms with Gasteiger partial charge in [-0.15, -0.1) is 0 Å². The fourth-order valence-corrected chi connectivity index (χ4v) is 2.07. The lowest BCUT2D eigenvalue weighted by Gasteiger charge is -2.25. The van der Waals surface area contributed by atoms with Crippen LogP contribution in [0.1, 0.15) is 26.7 Å². The summed E-state index contributed by atoms with van der Waals surface area (Å²) in [5, 5.41) is 11.8. The van der Waals surface area contributed by atoms with E-state index in [1.54, 1.807) is 13.8 Å². The molecule has 1 heterocycles. The van der Waals surface area contributed by atoms with Gasteiger partial charge in [-0.05, 0) is 26.7 Å². The van der Waals surface area contributed by atoms with E-state index in [0.717, 1.165) is 0 Å². The lowest BCUT2D eigenvalue weighted by atomic mass is 10.2. The highest BCUT2D eigenvalue weighted by Crippen LogP contribution is 2.18. The van der Waals surface area contributed by atoms with Crippen LogP contribution in [-0.2, 0) is 19.1 Å². The summed E-state index contributed by atoms with van der Waals surface area (Å²) in [5.74, 6) is -1.71. The first-order valence-electron chi connectivity index (χ1n) is 6.39. The summed E-state index contributed by atoms with van der Waals surface area (Å²) in [6.45, 7) is 3.98. The molecule has 7 heteroatoms. The maximum atomic E-state index is 12.1. The molecule has 1 rings (SSSR count). The van der Waals surface area contributed by atoms with Crippen LogP contribution in [0.4, 0.5) is 0 Å². The number of nitrogens with zero attached hydrogens (tertiary/aromatic N) is 1. The predicted octanol–water partition coefficient (Wildman–Crippen LogP) is -0.397. The van der Waals surface area contributed by atoms with E-state index >= 15 is 0 Å². The van der Waals surface area contributed by atoms with Gasteiger partial charge >= 0.3 is 11.9 Å². The minimum absolute atomic E-state index is 0.0632. The van der Waals surface area contributed by atoms with Crippen LogP contribution < -0.4 is 5.32 Å². The maximum Gasteiger partial charge on any atom is 0.326 e. The predicted molar refractivity (Wildman–Crippen MR) is 66.5 cm³/mol. The number of amides is 1. The number of esters is 1. The van der Waals surface area contributed by atoms with Gasteiger partial charge in [0, 0.05) is 6.54 Å². The zero-order chi connectivity index (χ0) is 14.4. The van der Waals surface area contributed by atoms with Gasteiger partial charge in [-0.3, -0.25) is 14.9 Å². The second-order valence-electron chi connectivity index (χ2n) is 4.44. The van der Waals surface area contributed by atoms with Crippen LogP contribution in [0.3, 0.4) is 0 Å². The quantitative estimate of drug-likeness (QED) is 0.639. The van der Waals surface area contributed by atoms with Crippen molar-refractivity contribution in [3.05, 3.63) is 0 Å². The number of ether oxygens (including phenoxy) is 1. The fourth-order valence-electron chi connectivity index (χ4n) is 2.07. The lowest BCUT2D eigenvalue weighted by Crippen LogP contribution is -2.50. The Morgan fingerprint density at radius 3 is 2.74 bits per heavy atom. The van der Waals surface area contributed by atoms with Gasteiger partial charge in [-0.25, -0.2) is 4.79 Å². The average molecular weight is 272 g/mol. The summed E-state index contributed by atoms with van der Waals surface area (Å²) in [6.07, 6.45) is 1.17. The molecule has 2 unspecified atom stereocenters. The third-order valence-corrected chi connectivity index (χ3v) is 3.05. The van der Waals surface area contributed by atoms with E-state index in [9.17, 15) is 14.4 Å². The van der Waals surface area contributed by atoms with Gasteiger partial charge in [0.15, 0.2) is 0 Å². The van der Waals surface area contributed by atoms with Crippen molar-refractivity contribution >= 4 is 17.8 Å². The highest BCUT2D eigenvalue weighted by Gasteiger charge is 2.35. The van der Waals surface area contributed by atoms with Gasteiger partial charge in [0.1, 0.15) is 6.04 Å². The topological polar surface area (TPSA) is 95.9 Å². The van der Waals surface area contributed by atoms with Crippen LogP contribution in [0.5, 0.6) is 0 Å². The third-order valence-electron chi connectivity index (χ3n) is 3.05. The second-order valence-corrected chi connectivity index (χ2v) is 4.44. The fraction of sp³-hybridized carbons (Fsp3) is 0.750. The molecule has 2 atom stereocenters. The van der Waals surface area contributed by atoms with E-state index in [1.807, 2.05) is 0 Å². The Morgan fingerprint density at radius 1 is 1.47 bits per heavy atom. The van der Waals surface area contributed by atoms with Gasteiger partial charge in [0.05, 0.1) is 19.2 Å². The number of hydrogen-bond acceptors (Lipinski definition) is 5. The van der Waals surface area contributed by atoms with Crippen molar-refractivity contribution in [2.45, 2.75) is 38.8 Å². The summed E-state index contributed by atoms with van der Waals surface area (Å²) < 4.78 is 4.74. The number of rotatable bonds is 6. The second kappa shape index (κ2) is 7.08. The number of carboxylic acids is 1. The standard InChI is InChI=1S/C12H20N2O5/c1-3-19-10(15)7-13-8(2)11(16)14-6-4-5-9(14)12(17)18/h8-9,13H,3-7H2,1-2H3,(H,17,18). The van der Waals surface area contributed by atoms with E-state index in [4.69, 9.17) is 9.84 Å². The Kier molecular flexibility index (Phi) is 5.75. The Labute approximate surface area is 111 Å². The molecule has 0 aromatic rings. The molecule has 7 nitrogen and oxygen atoms in total. The van der Waals surface area contributed by atoms with Crippen molar-refractivity contribution in [2.24, 2.45) is 0 Å². The van der Waals surface area contributed by atoms with Gasteiger partial charge in [0.25, 0.3) is 0 Å². The first-order chi connectivity index (χ1) is 8.97. The van der Waals surface area contributed by atoms with Crippen LogP contribution in [-0.4, -0.2) is 59.6 Å². The highest BCUT2D eigenvalue weighted by atomic mass is 16.5. The average Bonchev–Trinajstić information content (AvgIpc) is 2.84. The summed E-state index contributed by atoms with van der Waals surface area (Å²) in [5.41, 5.74) is 0. The molecule has 0 aromatic carbocycles. The van der Waals surface area contributed by atoms with Gasteiger partial charge in [0.2, 0.25) is 5.91 Å². The summed E-state index contributed by atoms with van der Waals surface area (Å²) in [4.78, 5) is 35.6. The summed E-state index contributed by atoms with van der Waals surface area (Å²) in [6, 6.07) is -1.36. The van der Waals surface area contributed by atoms with Crippen LogP contribution in [0.15, 0.2) is 0 Å². The van der Waals surface area contributed by atoms with Gasteiger partial charge in [-0.1, -0.05) is 0 Å². The molecule has 0 aliphatic carbocycles. The number of aliphatic carboxylic acids is 1. The maximum absolute atomic E-state index is 12.1. The van der Waals surface area contributed by atoms with E-state index in [-0.39, 0.29) is 19.1 Å². The van der Waals surface area contributed by atoms with E-state index in [1.165, 1.54) is 4.90 Å². The zero-order valence-electron chi connectivity index (χ0n) is 11.2. The minimum atomic E-state index is -0.983. The molecule has 19 heavy (non-hydrogen) atoms. The molecule has 1 fully saturated rings. The summed E-state index contributed by atoms with van der Waals surface area (Å²) in [7, 11) is 0. The molecule has 1 aliphatic heterocycles. The number of hydrogen-bond donors (Lipinski definition) is 2. The zero-order valence-corrected chi connectivity index (χ0v) is 11.2. The molecule has 1 saturated heterocycles. The molecule has 2 N–H and O–H groups in total. The normalized spacial score (nSPS) is 20.1. The number of carbonyl (C=O) groups excluding carboxylic acids is 2. The van der Waals surface area contributed by atoms with Crippen molar-refractivity contribution in [3.8, 4) is 0 Å². The molecule has 0 spiro atoms. The summed E-state index contributed by atoms with van der Waals surface area (Å²) >= 11 is 0. The van der Waals surface area contributed by atoms with Gasteiger partial charge in [-0.2, -0.15) is 0 Å². The molecule has 1 aliphatic rings. The van der Waals surface area contributed by atoms with Crippen LogP contribution in [0.25, 0.3) is 0 Å². The number of carbonyl (C=O) groups is 3. The van der Waals surface area contributed by atoms with E-state index < -0.39 is 24.0 Å². The first kappa shape index (κ1) is 15.4. The molecule has 0 saturated carbocycles. The minimum Gasteiger partial charge on any atom is -0.480 e. The Bertz CT molecular complexity index is 358. The van der Waals surface area contributed by atoms with Crippen molar-refractivity contribution in [3.63, 3.8) is 0 Å². The van der Waals surface area contributed by atoms with Crippen LogP contribution >= 0.6 is 0 Å². The number of likely N-dealkylation sites (tertiary alicyclic amines) is 1. The van der Waals surface area contributed by atoms with E-state index in [2.05, 4.69) is 5.32 Å². The molecule has 108 valence electrons. The van der Waals surface area contributed by atoms with Crippen molar-refractivity contribution in [2.75, 3.05) is 19.7 Å². The smallest absolute Gasteiger partial charge is 0.326 e. The van der Waals surface area contributed by atoms with Gasteiger partial charge < -0.3 is 14.7 Å². The Hall–Kier alpha value is -1.63. The molecular formula is C12H20N2O5. The molecule has 0 radical (unpaired) electrons. The van der Waals surface area contributed by atoms with E-state index in [0.29, 0.717) is 19.4 Å². The van der Waals surface area contributed by atoms with Crippen molar-refractivity contribution in [1.29, 1.82) is 0 Å². The number of carboxylic acid groups (broad SMARTS) is 1. The monoisotopic (exact) mass is 272 g/mol. The third kappa shape index (κ3) is 4.20. The lowest BCUT2D eigenvalue weighted by molar-refractivity contribution is -0.149. The number of nitrogens with one attached hydrogen (secondary N) is 1. The molecule has 0 aromatic heterocycles. The van der Waals surface area contributed by atoms with Crippen LogP contribution in [0, 0.1) is 0 Å². The first-order valence-corrected chi connectivity index (χ1v) is 6.39.